The van der Waals surface area contributed by atoms with Crippen LogP contribution in [-0.4, -0.2) is 21.4 Å². The fourth-order valence-electron chi connectivity index (χ4n) is 1.55. The predicted octanol–water partition coefficient (Wildman–Crippen LogP) is 2.25. The first-order chi connectivity index (χ1) is 8.68. The van der Waals surface area contributed by atoms with Crippen LogP contribution in [-0.2, 0) is 6.54 Å². The molecule has 0 aliphatic carbocycles. The molecule has 1 aromatic carbocycles. The van der Waals surface area contributed by atoms with Gasteiger partial charge in [-0.3, -0.25) is 4.68 Å². The van der Waals surface area contributed by atoms with Crippen LogP contribution in [0.15, 0.2) is 36.7 Å². The highest BCUT2D eigenvalue weighted by molar-refractivity contribution is 7.80. The van der Waals surface area contributed by atoms with Gasteiger partial charge in [0.25, 0.3) is 0 Å². The monoisotopic (exact) mass is 281 g/mol. The van der Waals surface area contributed by atoms with Gasteiger partial charge in [0.05, 0.1) is 17.1 Å². The van der Waals surface area contributed by atoms with Crippen molar-refractivity contribution in [3.05, 3.63) is 47.2 Å². The van der Waals surface area contributed by atoms with E-state index in [0.29, 0.717) is 29.5 Å². The number of benzene rings is 1. The van der Waals surface area contributed by atoms with Gasteiger partial charge in [-0.1, -0.05) is 29.9 Å². The Morgan fingerprint density at radius 3 is 2.94 bits per heavy atom. The Morgan fingerprint density at radius 1 is 1.44 bits per heavy atom. The van der Waals surface area contributed by atoms with Crippen LogP contribution in [0.3, 0.4) is 0 Å². The molecule has 0 spiro atoms. The minimum atomic E-state index is 0.231. The molecule has 2 aromatic rings. The van der Waals surface area contributed by atoms with Crippen molar-refractivity contribution in [1.29, 1.82) is 0 Å². The third-order valence-corrected chi connectivity index (χ3v) is 2.88. The van der Waals surface area contributed by atoms with Gasteiger partial charge in [0.15, 0.2) is 0 Å². The summed E-state index contributed by atoms with van der Waals surface area (Å²) in [6, 6.07) is 7.19. The van der Waals surface area contributed by atoms with Crippen LogP contribution in [0.2, 0.25) is 5.02 Å². The van der Waals surface area contributed by atoms with Crippen LogP contribution in [0.1, 0.15) is 5.56 Å². The highest BCUT2D eigenvalue weighted by Crippen LogP contribution is 2.26. The molecule has 18 heavy (non-hydrogen) atoms. The molecule has 0 amide bonds. The van der Waals surface area contributed by atoms with Gasteiger partial charge >= 0.3 is 0 Å². The maximum Gasteiger partial charge on any atom is 0.131 e. The molecule has 0 saturated heterocycles. The second-order valence-electron chi connectivity index (χ2n) is 3.59. The van der Waals surface area contributed by atoms with Crippen LogP contribution < -0.4 is 10.5 Å². The quantitative estimate of drug-likeness (QED) is 0.854. The van der Waals surface area contributed by atoms with Gasteiger partial charge in [-0.05, 0) is 18.2 Å². The second kappa shape index (κ2) is 5.84. The average molecular weight is 282 g/mol. The largest absolute Gasteiger partial charge is 0.491 e. The summed E-state index contributed by atoms with van der Waals surface area (Å²) in [6.45, 7) is 1.12. The molecule has 2 rings (SSSR count). The van der Waals surface area contributed by atoms with E-state index in [1.165, 1.54) is 0 Å². The van der Waals surface area contributed by atoms with E-state index in [4.69, 9.17) is 34.3 Å². The van der Waals surface area contributed by atoms with Crippen LogP contribution in [0, 0.1) is 0 Å². The number of hydrogen-bond acceptors (Lipinski definition) is 3. The summed E-state index contributed by atoms with van der Waals surface area (Å²) < 4.78 is 7.42. The number of ether oxygens (including phenoxy) is 1. The molecule has 0 atom stereocenters. The van der Waals surface area contributed by atoms with E-state index in [-0.39, 0.29) is 4.99 Å². The van der Waals surface area contributed by atoms with Gasteiger partial charge in [-0.2, -0.15) is 5.10 Å². The van der Waals surface area contributed by atoms with Gasteiger partial charge in [0.1, 0.15) is 17.3 Å². The van der Waals surface area contributed by atoms with Crippen molar-refractivity contribution in [2.75, 3.05) is 6.61 Å². The lowest BCUT2D eigenvalue weighted by Crippen LogP contribution is -2.14. The van der Waals surface area contributed by atoms with Gasteiger partial charge in [-0.15, -0.1) is 0 Å². The maximum absolute atomic E-state index is 6.04. The first-order valence-corrected chi connectivity index (χ1v) is 6.15. The Kier molecular flexibility index (Phi) is 4.17. The molecule has 0 unspecified atom stereocenters. The summed E-state index contributed by atoms with van der Waals surface area (Å²) in [6.07, 6.45) is 3.59. The van der Waals surface area contributed by atoms with Crippen LogP contribution in [0.4, 0.5) is 0 Å². The zero-order valence-electron chi connectivity index (χ0n) is 9.54. The van der Waals surface area contributed by atoms with E-state index in [0.717, 1.165) is 0 Å². The van der Waals surface area contributed by atoms with E-state index < -0.39 is 0 Å². The van der Waals surface area contributed by atoms with Gasteiger partial charge in [-0.25, -0.2) is 0 Å². The Bertz CT molecular complexity index is 542. The molecular formula is C12H12ClN3OS. The number of thiocarbonyl (C=S) groups is 1. The highest BCUT2D eigenvalue weighted by Gasteiger charge is 2.10. The molecule has 0 saturated carbocycles. The Balaban J connectivity index is 2.05. The van der Waals surface area contributed by atoms with Crippen molar-refractivity contribution < 1.29 is 4.74 Å². The summed E-state index contributed by atoms with van der Waals surface area (Å²) in [4.78, 5) is 0.231. The number of nitrogens with two attached hydrogens (primary N) is 1. The minimum Gasteiger partial charge on any atom is -0.491 e. The van der Waals surface area contributed by atoms with Crippen molar-refractivity contribution in [1.82, 2.24) is 9.78 Å². The number of rotatable bonds is 5. The summed E-state index contributed by atoms with van der Waals surface area (Å²) >= 11 is 11.0. The molecule has 0 aliphatic heterocycles. The molecule has 4 nitrogen and oxygen atoms in total. The van der Waals surface area contributed by atoms with Crippen LogP contribution >= 0.6 is 23.8 Å². The van der Waals surface area contributed by atoms with Gasteiger partial charge in [0.2, 0.25) is 0 Å². The average Bonchev–Trinajstić information content (AvgIpc) is 2.81. The molecular weight excluding hydrogens is 270 g/mol. The molecule has 94 valence electrons. The summed E-state index contributed by atoms with van der Waals surface area (Å²) in [7, 11) is 0. The van der Waals surface area contributed by atoms with E-state index >= 15 is 0 Å². The number of halogens is 1. The van der Waals surface area contributed by atoms with E-state index in [9.17, 15) is 0 Å². The van der Waals surface area contributed by atoms with Crippen LogP contribution in [0.25, 0.3) is 0 Å². The molecule has 0 bridgehead atoms. The second-order valence-corrected chi connectivity index (χ2v) is 4.44. The molecule has 1 aromatic heterocycles. The van der Waals surface area contributed by atoms with E-state index in [1.54, 1.807) is 29.1 Å². The summed E-state index contributed by atoms with van der Waals surface area (Å²) in [5.74, 6) is 0.599. The van der Waals surface area contributed by atoms with Gasteiger partial charge < -0.3 is 10.5 Å². The molecule has 0 aliphatic rings. The number of nitrogens with zero attached hydrogens (tertiary/aromatic N) is 2. The minimum absolute atomic E-state index is 0.231. The summed E-state index contributed by atoms with van der Waals surface area (Å²) in [5.41, 5.74) is 6.21. The fourth-order valence-corrected chi connectivity index (χ4v) is 2.08. The molecule has 6 heteroatoms. The lowest BCUT2D eigenvalue weighted by atomic mass is 10.2. The first-order valence-electron chi connectivity index (χ1n) is 5.37. The standard InChI is InChI=1S/C12H12ClN3OS/c13-9-3-1-4-10(11(9)12(14)18)17-8-7-16-6-2-5-15-16/h1-6H,7-8H2,(H2,14,18). The smallest absolute Gasteiger partial charge is 0.131 e. The predicted molar refractivity (Wildman–Crippen MR) is 75.1 cm³/mol. The molecule has 1 heterocycles. The zero-order chi connectivity index (χ0) is 13.0. The van der Waals surface area contributed by atoms with Crippen molar-refractivity contribution >= 4 is 28.8 Å². The van der Waals surface area contributed by atoms with Crippen molar-refractivity contribution in [3.63, 3.8) is 0 Å². The lowest BCUT2D eigenvalue weighted by molar-refractivity contribution is 0.291. The fraction of sp³-hybridized carbons (Fsp3) is 0.167. The number of hydrogen-bond donors (Lipinski definition) is 1. The van der Waals surface area contributed by atoms with Crippen LogP contribution in [0.5, 0.6) is 5.75 Å². The maximum atomic E-state index is 6.04. The SMILES string of the molecule is NC(=S)c1c(Cl)cccc1OCCn1cccn1. The highest BCUT2D eigenvalue weighted by atomic mass is 35.5. The lowest BCUT2D eigenvalue weighted by Gasteiger charge is -2.11. The molecule has 0 fully saturated rings. The Labute approximate surface area is 115 Å². The van der Waals surface area contributed by atoms with Crippen molar-refractivity contribution in [2.24, 2.45) is 5.73 Å². The third-order valence-electron chi connectivity index (χ3n) is 2.36. The van der Waals surface area contributed by atoms with E-state index in [2.05, 4.69) is 5.10 Å². The van der Waals surface area contributed by atoms with Gasteiger partial charge in [0, 0.05) is 12.4 Å². The topological polar surface area (TPSA) is 53.1 Å². The Morgan fingerprint density at radius 2 is 2.28 bits per heavy atom. The summed E-state index contributed by atoms with van der Waals surface area (Å²) in [5, 5.41) is 4.58. The third kappa shape index (κ3) is 3.00. The zero-order valence-corrected chi connectivity index (χ0v) is 11.1. The molecule has 0 radical (unpaired) electrons. The first kappa shape index (κ1) is 12.9. The van der Waals surface area contributed by atoms with E-state index in [1.807, 2.05) is 12.3 Å². The van der Waals surface area contributed by atoms with Crippen molar-refractivity contribution in [2.45, 2.75) is 6.54 Å². The Hall–Kier alpha value is -1.59. The number of aromatic nitrogens is 2. The van der Waals surface area contributed by atoms with Crippen molar-refractivity contribution in [3.8, 4) is 5.75 Å². The molecule has 2 N–H and O–H groups in total. The normalized spacial score (nSPS) is 10.3.